The molecule has 0 unspecified atom stereocenters. The molecule has 0 nitrogen and oxygen atoms in total. The molecule has 3 rings (SSSR count). The topological polar surface area (TPSA) is 0 Å². The van der Waals surface area contributed by atoms with E-state index in [0.29, 0.717) is 5.41 Å². The molecule has 0 spiro atoms. The molecule has 1 saturated carbocycles. The molecule has 2 aromatic carbocycles. The summed E-state index contributed by atoms with van der Waals surface area (Å²) in [5.41, 5.74) is 2.00. The van der Waals surface area contributed by atoms with E-state index >= 15 is 0 Å². The summed E-state index contributed by atoms with van der Waals surface area (Å²) in [4.78, 5) is 0. The molecule has 0 N–H and O–H groups in total. The predicted molar refractivity (Wildman–Crippen MR) is 60.5 cm³/mol. The van der Waals surface area contributed by atoms with Crippen LogP contribution < -0.4 is 0 Å². The Balaban J connectivity index is 2.20. The second kappa shape index (κ2) is 2.60. The van der Waals surface area contributed by atoms with Crippen molar-refractivity contribution in [1.29, 1.82) is 0 Å². The number of rotatable bonds is 1. The van der Waals surface area contributed by atoms with Crippen LogP contribution in [0.1, 0.15) is 25.3 Å². The summed E-state index contributed by atoms with van der Waals surface area (Å²) >= 11 is 0. The van der Waals surface area contributed by atoms with E-state index in [1.165, 1.54) is 29.2 Å². The van der Waals surface area contributed by atoms with Gasteiger partial charge < -0.3 is 0 Å². The SMILES string of the molecule is CC1(c2ccc3ccccc3c2)CC1. The summed E-state index contributed by atoms with van der Waals surface area (Å²) in [5, 5.41) is 2.72. The van der Waals surface area contributed by atoms with E-state index in [1.54, 1.807) is 0 Å². The molecule has 0 aliphatic heterocycles. The summed E-state index contributed by atoms with van der Waals surface area (Å²) in [5.74, 6) is 0. The van der Waals surface area contributed by atoms with Gasteiger partial charge in [-0.1, -0.05) is 49.4 Å². The van der Waals surface area contributed by atoms with Gasteiger partial charge in [0.05, 0.1) is 0 Å². The van der Waals surface area contributed by atoms with Gasteiger partial charge in [-0.05, 0) is 34.6 Å². The van der Waals surface area contributed by atoms with Gasteiger partial charge in [-0.3, -0.25) is 0 Å². The Kier molecular flexibility index (Phi) is 1.49. The summed E-state index contributed by atoms with van der Waals surface area (Å²) in [7, 11) is 0. The van der Waals surface area contributed by atoms with Crippen molar-refractivity contribution in [1.82, 2.24) is 0 Å². The molecule has 1 aliphatic carbocycles. The molecule has 70 valence electrons. The van der Waals surface area contributed by atoms with Crippen LogP contribution in [0.15, 0.2) is 42.5 Å². The monoisotopic (exact) mass is 182 g/mol. The van der Waals surface area contributed by atoms with Gasteiger partial charge in [0, 0.05) is 0 Å². The van der Waals surface area contributed by atoms with Crippen molar-refractivity contribution in [3.8, 4) is 0 Å². The van der Waals surface area contributed by atoms with Crippen LogP contribution in [0.25, 0.3) is 10.8 Å². The van der Waals surface area contributed by atoms with Crippen molar-refractivity contribution < 1.29 is 0 Å². The lowest BCUT2D eigenvalue weighted by molar-refractivity contribution is 0.789. The maximum absolute atomic E-state index is 2.36. The number of hydrogen-bond donors (Lipinski definition) is 0. The lowest BCUT2D eigenvalue weighted by atomic mass is 9.96. The fourth-order valence-electron chi connectivity index (χ4n) is 2.04. The Morgan fingerprint density at radius 2 is 1.64 bits per heavy atom. The minimum absolute atomic E-state index is 0.490. The maximum atomic E-state index is 2.36. The molecular weight excluding hydrogens is 168 g/mol. The Bertz CT molecular complexity index is 478. The quantitative estimate of drug-likeness (QED) is 0.627. The van der Waals surface area contributed by atoms with Gasteiger partial charge >= 0.3 is 0 Å². The number of fused-ring (bicyclic) bond motifs is 1. The van der Waals surface area contributed by atoms with Crippen molar-refractivity contribution >= 4 is 10.8 Å². The Hall–Kier alpha value is -1.30. The van der Waals surface area contributed by atoms with Gasteiger partial charge in [-0.15, -0.1) is 0 Å². The molecule has 0 saturated heterocycles. The van der Waals surface area contributed by atoms with Gasteiger partial charge in [-0.25, -0.2) is 0 Å². The number of hydrogen-bond acceptors (Lipinski definition) is 0. The summed E-state index contributed by atoms with van der Waals surface area (Å²) < 4.78 is 0. The Morgan fingerprint density at radius 3 is 2.36 bits per heavy atom. The van der Waals surface area contributed by atoms with Gasteiger partial charge in [0.2, 0.25) is 0 Å². The van der Waals surface area contributed by atoms with E-state index in [1.807, 2.05) is 0 Å². The van der Waals surface area contributed by atoms with E-state index < -0.39 is 0 Å². The fraction of sp³-hybridized carbons (Fsp3) is 0.286. The summed E-state index contributed by atoms with van der Waals surface area (Å²) in [6.45, 7) is 2.36. The molecule has 0 heteroatoms. The molecule has 1 aliphatic rings. The molecule has 0 heterocycles. The summed E-state index contributed by atoms with van der Waals surface area (Å²) in [6.07, 6.45) is 2.71. The third-order valence-electron chi connectivity index (χ3n) is 3.45. The third-order valence-corrected chi connectivity index (χ3v) is 3.45. The van der Waals surface area contributed by atoms with Gasteiger partial charge in [0.1, 0.15) is 0 Å². The first-order chi connectivity index (χ1) is 6.78. The molecule has 14 heavy (non-hydrogen) atoms. The summed E-state index contributed by atoms with van der Waals surface area (Å²) in [6, 6.07) is 15.5. The first-order valence-corrected chi connectivity index (χ1v) is 5.27. The highest BCUT2D eigenvalue weighted by molar-refractivity contribution is 5.83. The van der Waals surface area contributed by atoms with Crippen LogP contribution in [-0.4, -0.2) is 0 Å². The van der Waals surface area contributed by atoms with Crippen LogP contribution in [0.5, 0.6) is 0 Å². The highest BCUT2D eigenvalue weighted by Gasteiger charge is 2.38. The van der Waals surface area contributed by atoms with Crippen LogP contribution in [0.3, 0.4) is 0 Å². The lowest BCUT2D eigenvalue weighted by Gasteiger charge is -2.09. The molecule has 2 aromatic rings. The minimum atomic E-state index is 0.490. The van der Waals surface area contributed by atoms with E-state index in [-0.39, 0.29) is 0 Å². The molecule has 0 amide bonds. The average Bonchev–Trinajstić information content (AvgIpc) is 2.97. The first kappa shape index (κ1) is 8.05. The van der Waals surface area contributed by atoms with E-state index in [0.717, 1.165) is 0 Å². The fourth-order valence-corrected chi connectivity index (χ4v) is 2.04. The van der Waals surface area contributed by atoms with Crippen molar-refractivity contribution in [2.75, 3.05) is 0 Å². The molecular formula is C14H14. The van der Waals surface area contributed by atoms with Crippen LogP contribution in [-0.2, 0) is 5.41 Å². The Morgan fingerprint density at radius 1 is 0.929 bits per heavy atom. The highest BCUT2D eigenvalue weighted by Crippen LogP contribution is 2.47. The zero-order valence-corrected chi connectivity index (χ0v) is 8.46. The standard InChI is InChI=1S/C14H14/c1-14(8-9-14)13-7-6-11-4-2-3-5-12(11)10-13/h2-7,10H,8-9H2,1H3. The van der Waals surface area contributed by atoms with Crippen molar-refractivity contribution in [3.63, 3.8) is 0 Å². The van der Waals surface area contributed by atoms with Gasteiger partial charge in [0.25, 0.3) is 0 Å². The smallest absolute Gasteiger partial charge is 0.00744 e. The largest absolute Gasteiger partial charge is 0.0616 e. The normalized spacial score (nSPS) is 18.4. The highest BCUT2D eigenvalue weighted by atomic mass is 14.4. The van der Waals surface area contributed by atoms with E-state index in [4.69, 9.17) is 0 Å². The van der Waals surface area contributed by atoms with Crippen LogP contribution in [0, 0.1) is 0 Å². The van der Waals surface area contributed by atoms with Crippen LogP contribution in [0.4, 0.5) is 0 Å². The molecule has 0 atom stereocenters. The van der Waals surface area contributed by atoms with Crippen molar-refractivity contribution in [2.24, 2.45) is 0 Å². The maximum Gasteiger partial charge on any atom is -0.00744 e. The van der Waals surface area contributed by atoms with Crippen LogP contribution in [0.2, 0.25) is 0 Å². The number of benzene rings is 2. The molecule has 0 bridgehead atoms. The molecule has 0 aromatic heterocycles. The van der Waals surface area contributed by atoms with Crippen molar-refractivity contribution in [3.05, 3.63) is 48.0 Å². The van der Waals surface area contributed by atoms with Crippen molar-refractivity contribution in [2.45, 2.75) is 25.2 Å². The van der Waals surface area contributed by atoms with E-state index in [2.05, 4.69) is 49.4 Å². The Labute approximate surface area is 84.6 Å². The molecule has 1 fully saturated rings. The molecule has 0 radical (unpaired) electrons. The first-order valence-electron chi connectivity index (χ1n) is 5.27. The van der Waals surface area contributed by atoms with Crippen LogP contribution >= 0.6 is 0 Å². The van der Waals surface area contributed by atoms with Gasteiger partial charge in [-0.2, -0.15) is 0 Å². The third kappa shape index (κ3) is 1.14. The predicted octanol–water partition coefficient (Wildman–Crippen LogP) is 3.89. The van der Waals surface area contributed by atoms with E-state index in [9.17, 15) is 0 Å². The zero-order chi connectivity index (χ0) is 9.60. The second-order valence-electron chi connectivity index (χ2n) is 4.62. The minimum Gasteiger partial charge on any atom is -0.0616 e. The lowest BCUT2D eigenvalue weighted by Crippen LogP contribution is -1.98. The second-order valence-corrected chi connectivity index (χ2v) is 4.62. The zero-order valence-electron chi connectivity index (χ0n) is 8.46. The average molecular weight is 182 g/mol. The van der Waals surface area contributed by atoms with Gasteiger partial charge in [0.15, 0.2) is 0 Å².